The van der Waals surface area contributed by atoms with Gasteiger partial charge in [-0.3, -0.25) is 9.67 Å². The Morgan fingerprint density at radius 1 is 1.45 bits per heavy atom. The minimum atomic E-state index is -0.282. The molecule has 0 saturated heterocycles. The highest BCUT2D eigenvalue weighted by Gasteiger charge is 2.20. The number of hydrogen-bond acceptors (Lipinski definition) is 4. The van der Waals surface area contributed by atoms with Gasteiger partial charge >= 0.3 is 0 Å². The highest BCUT2D eigenvalue weighted by molar-refractivity contribution is 9.10. The first-order valence-electron chi connectivity index (χ1n) is 6.53. The van der Waals surface area contributed by atoms with Crippen LogP contribution < -0.4 is 5.73 Å². The molecule has 0 bridgehead atoms. The van der Waals surface area contributed by atoms with Crippen LogP contribution in [-0.4, -0.2) is 40.3 Å². The maximum Gasteiger partial charge on any atom is 0.0911 e. The monoisotopic (exact) mass is 337 g/mol. The van der Waals surface area contributed by atoms with Crippen molar-refractivity contribution in [2.75, 3.05) is 20.6 Å². The molecule has 0 aromatic carbocycles. The molecular formula is C14H20BrN5. The van der Waals surface area contributed by atoms with E-state index in [2.05, 4.69) is 30.9 Å². The third-order valence-electron chi connectivity index (χ3n) is 3.23. The van der Waals surface area contributed by atoms with Gasteiger partial charge < -0.3 is 10.6 Å². The first kappa shape index (κ1) is 15.2. The number of hydrogen-bond donors (Lipinski definition) is 1. The Hall–Kier alpha value is -1.24. The van der Waals surface area contributed by atoms with Crippen LogP contribution in [0.1, 0.15) is 23.0 Å². The van der Waals surface area contributed by atoms with Crippen LogP contribution in [0.2, 0.25) is 0 Å². The molecule has 2 rings (SSSR count). The second-order valence-electron chi connectivity index (χ2n) is 5.09. The first-order valence-corrected chi connectivity index (χ1v) is 7.33. The van der Waals surface area contributed by atoms with Crippen LogP contribution >= 0.6 is 15.9 Å². The van der Waals surface area contributed by atoms with E-state index in [9.17, 15) is 0 Å². The average Bonchev–Trinajstić information content (AvgIpc) is 2.77. The summed E-state index contributed by atoms with van der Waals surface area (Å²) in [5.41, 5.74) is 9.35. The number of halogens is 1. The summed E-state index contributed by atoms with van der Waals surface area (Å²) in [4.78, 5) is 6.54. The topological polar surface area (TPSA) is 60.0 Å². The van der Waals surface area contributed by atoms with E-state index in [1.165, 1.54) is 0 Å². The predicted octanol–water partition coefficient (Wildman–Crippen LogP) is 1.96. The van der Waals surface area contributed by atoms with Gasteiger partial charge in [0.05, 0.1) is 34.6 Å². The molecule has 2 N–H and O–H groups in total. The van der Waals surface area contributed by atoms with E-state index < -0.39 is 0 Å². The molecule has 20 heavy (non-hydrogen) atoms. The number of aromatic nitrogens is 3. The van der Waals surface area contributed by atoms with E-state index in [4.69, 9.17) is 5.73 Å². The zero-order chi connectivity index (χ0) is 14.7. The lowest BCUT2D eigenvalue weighted by molar-refractivity contribution is 0.367. The molecule has 0 spiro atoms. The summed E-state index contributed by atoms with van der Waals surface area (Å²) in [6, 6.07) is 3.66. The Bertz CT molecular complexity index is 579. The normalized spacial score (nSPS) is 12.9. The number of aryl methyl sites for hydroxylation is 1. The van der Waals surface area contributed by atoms with Gasteiger partial charge in [-0.05, 0) is 48.6 Å². The minimum absolute atomic E-state index is 0.282. The summed E-state index contributed by atoms with van der Waals surface area (Å²) >= 11 is 3.54. The van der Waals surface area contributed by atoms with E-state index in [0.717, 1.165) is 34.5 Å². The van der Waals surface area contributed by atoms with Gasteiger partial charge in [-0.15, -0.1) is 0 Å². The Kier molecular flexibility index (Phi) is 4.91. The molecule has 2 heterocycles. The van der Waals surface area contributed by atoms with Crippen LogP contribution in [0.5, 0.6) is 0 Å². The van der Waals surface area contributed by atoms with Gasteiger partial charge in [0.15, 0.2) is 0 Å². The van der Waals surface area contributed by atoms with Crippen molar-refractivity contribution in [3.05, 3.63) is 46.0 Å². The van der Waals surface area contributed by atoms with E-state index in [-0.39, 0.29) is 6.04 Å². The Morgan fingerprint density at radius 3 is 2.85 bits per heavy atom. The molecule has 0 saturated carbocycles. The summed E-state index contributed by atoms with van der Waals surface area (Å²) < 4.78 is 2.87. The van der Waals surface area contributed by atoms with Gasteiger partial charge in [-0.2, -0.15) is 5.10 Å². The first-order chi connectivity index (χ1) is 9.50. The summed E-state index contributed by atoms with van der Waals surface area (Å²) in [7, 11) is 4.09. The molecule has 108 valence electrons. The molecule has 2 aromatic heterocycles. The molecule has 0 aliphatic carbocycles. The van der Waals surface area contributed by atoms with Crippen molar-refractivity contribution in [3.8, 4) is 0 Å². The number of likely N-dealkylation sites (N-methyl/N-ethyl adjacent to an activating group) is 1. The van der Waals surface area contributed by atoms with Gasteiger partial charge in [-0.1, -0.05) is 6.07 Å². The fourth-order valence-corrected chi connectivity index (χ4v) is 2.65. The van der Waals surface area contributed by atoms with Crippen molar-refractivity contribution >= 4 is 15.9 Å². The molecule has 1 atom stereocenters. The molecule has 0 amide bonds. The van der Waals surface area contributed by atoms with Crippen molar-refractivity contribution < 1.29 is 0 Å². The average molecular weight is 338 g/mol. The van der Waals surface area contributed by atoms with Crippen LogP contribution in [0.4, 0.5) is 0 Å². The van der Waals surface area contributed by atoms with Gasteiger partial charge in [-0.25, -0.2) is 0 Å². The Balaban J connectivity index is 2.32. The largest absolute Gasteiger partial charge is 0.318 e. The SMILES string of the molecule is Cc1cccnc1C(N)c1c(Br)cnn1CCN(C)C. The third kappa shape index (κ3) is 3.26. The zero-order valence-electron chi connectivity index (χ0n) is 12.0. The molecule has 0 radical (unpaired) electrons. The number of rotatable bonds is 5. The molecule has 5 nitrogen and oxygen atoms in total. The fourth-order valence-electron chi connectivity index (χ4n) is 2.11. The number of nitrogens with zero attached hydrogens (tertiary/aromatic N) is 4. The summed E-state index contributed by atoms with van der Waals surface area (Å²) in [5.74, 6) is 0. The molecular weight excluding hydrogens is 318 g/mol. The molecule has 0 fully saturated rings. The van der Waals surface area contributed by atoms with Gasteiger partial charge in [0.1, 0.15) is 0 Å². The van der Waals surface area contributed by atoms with Gasteiger partial charge in [0.2, 0.25) is 0 Å². The fraction of sp³-hybridized carbons (Fsp3) is 0.429. The lowest BCUT2D eigenvalue weighted by Crippen LogP contribution is -2.24. The minimum Gasteiger partial charge on any atom is -0.318 e. The van der Waals surface area contributed by atoms with Crippen LogP contribution in [0.15, 0.2) is 29.0 Å². The van der Waals surface area contributed by atoms with Crippen molar-refractivity contribution in [2.45, 2.75) is 19.5 Å². The van der Waals surface area contributed by atoms with E-state index in [1.807, 2.05) is 37.8 Å². The molecule has 0 aliphatic heterocycles. The van der Waals surface area contributed by atoms with E-state index >= 15 is 0 Å². The quantitative estimate of drug-likeness (QED) is 0.905. The van der Waals surface area contributed by atoms with E-state index in [1.54, 1.807) is 12.4 Å². The summed E-state index contributed by atoms with van der Waals surface area (Å²) in [5, 5.41) is 4.40. The van der Waals surface area contributed by atoms with Crippen LogP contribution in [-0.2, 0) is 6.54 Å². The summed E-state index contributed by atoms with van der Waals surface area (Å²) in [6.07, 6.45) is 3.57. The van der Waals surface area contributed by atoms with Gasteiger partial charge in [0, 0.05) is 12.7 Å². The highest BCUT2D eigenvalue weighted by Crippen LogP contribution is 2.27. The second kappa shape index (κ2) is 6.47. The lowest BCUT2D eigenvalue weighted by Gasteiger charge is -2.17. The van der Waals surface area contributed by atoms with E-state index in [0.29, 0.717) is 0 Å². The van der Waals surface area contributed by atoms with Crippen LogP contribution in [0.3, 0.4) is 0 Å². The molecule has 0 aliphatic rings. The van der Waals surface area contributed by atoms with Gasteiger partial charge in [0.25, 0.3) is 0 Å². The number of pyridine rings is 1. The molecule has 2 aromatic rings. The maximum absolute atomic E-state index is 6.40. The lowest BCUT2D eigenvalue weighted by atomic mass is 10.1. The van der Waals surface area contributed by atoms with Crippen LogP contribution in [0, 0.1) is 6.92 Å². The van der Waals surface area contributed by atoms with Crippen molar-refractivity contribution in [1.82, 2.24) is 19.7 Å². The van der Waals surface area contributed by atoms with Crippen molar-refractivity contribution in [2.24, 2.45) is 5.73 Å². The number of nitrogens with two attached hydrogens (primary N) is 1. The van der Waals surface area contributed by atoms with Crippen molar-refractivity contribution in [3.63, 3.8) is 0 Å². The molecule has 1 unspecified atom stereocenters. The Morgan fingerprint density at radius 2 is 2.20 bits per heavy atom. The third-order valence-corrected chi connectivity index (χ3v) is 3.84. The maximum atomic E-state index is 6.40. The van der Waals surface area contributed by atoms with Crippen LogP contribution in [0.25, 0.3) is 0 Å². The summed E-state index contributed by atoms with van der Waals surface area (Å²) in [6.45, 7) is 3.74. The Labute approximate surface area is 127 Å². The zero-order valence-corrected chi connectivity index (χ0v) is 13.6. The molecule has 6 heteroatoms. The smallest absolute Gasteiger partial charge is 0.0911 e. The predicted molar refractivity (Wildman–Crippen MR) is 83.5 cm³/mol. The second-order valence-corrected chi connectivity index (χ2v) is 5.94. The standard InChI is InChI=1S/C14H20BrN5/c1-10-5-4-6-17-13(10)12(16)14-11(15)9-18-20(14)8-7-19(2)3/h4-6,9,12H,7-8,16H2,1-3H3. The van der Waals surface area contributed by atoms with Crippen molar-refractivity contribution in [1.29, 1.82) is 0 Å². The highest BCUT2D eigenvalue weighted by atomic mass is 79.9.